The molecule has 0 spiro atoms. The zero-order valence-electron chi connectivity index (χ0n) is 17.8. The topological polar surface area (TPSA) is 75.7 Å². The van der Waals surface area contributed by atoms with Crippen LogP contribution < -0.4 is 14.4 Å². The minimum Gasteiger partial charge on any atom is -0.494 e. The summed E-state index contributed by atoms with van der Waals surface area (Å²) < 4.78 is 33.2. The molecule has 0 unspecified atom stereocenters. The highest BCUT2D eigenvalue weighted by Gasteiger charge is 2.27. The second-order valence-electron chi connectivity index (χ2n) is 7.38. The molecule has 3 rings (SSSR count). The van der Waals surface area contributed by atoms with E-state index in [2.05, 4.69) is 5.32 Å². The number of nitrogens with zero attached hydrogens (tertiary/aromatic N) is 1. The summed E-state index contributed by atoms with van der Waals surface area (Å²) in [6.45, 7) is 2.63. The number of rotatable bonds is 11. The van der Waals surface area contributed by atoms with E-state index in [0.29, 0.717) is 29.8 Å². The molecule has 0 saturated heterocycles. The highest BCUT2D eigenvalue weighted by molar-refractivity contribution is 7.99. The molecular weight excluding hydrogens is 432 g/mol. The number of benzene rings is 2. The summed E-state index contributed by atoms with van der Waals surface area (Å²) >= 11 is 1.89. The third kappa shape index (κ3) is 6.64. The maximum absolute atomic E-state index is 13.3. The molecular formula is C23H30N2O4S2. The first kappa shape index (κ1) is 23.5. The zero-order valence-corrected chi connectivity index (χ0v) is 19.5. The van der Waals surface area contributed by atoms with Crippen molar-refractivity contribution in [2.45, 2.75) is 42.8 Å². The highest BCUT2D eigenvalue weighted by atomic mass is 32.2. The Balaban J connectivity index is 1.68. The molecule has 2 aromatic carbocycles. The molecule has 31 heavy (non-hydrogen) atoms. The van der Waals surface area contributed by atoms with Crippen molar-refractivity contribution in [3.05, 3.63) is 54.6 Å². The van der Waals surface area contributed by atoms with E-state index in [4.69, 9.17) is 4.74 Å². The number of hydrogen-bond acceptors (Lipinski definition) is 5. The van der Waals surface area contributed by atoms with Crippen LogP contribution in [0.25, 0.3) is 0 Å². The Bertz CT molecular complexity index is 928. The van der Waals surface area contributed by atoms with E-state index in [1.54, 1.807) is 36.4 Å². The van der Waals surface area contributed by atoms with Crippen LogP contribution >= 0.6 is 11.8 Å². The lowest BCUT2D eigenvalue weighted by molar-refractivity contribution is -0.119. The average Bonchev–Trinajstić information content (AvgIpc) is 3.30. The fourth-order valence-corrected chi connectivity index (χ4v) is 6.21. The van der Waals surface area contributed by atoms with Gasteiger partial charge in [0.25, 0.3) is 10.0 Å². The molecule has 1 N–H and O–H groups in total. The molecule has 1 amide bonds. The Morgan fingerprint density at radius 2 is 1.77 bits per heavy atom. The van der Waals surface area contributed by atoms with Gasteiger partial charge in [-0.25, -0.2) is 8.42 Å². The Hall–Kier alpha value is -2.19. The Kier molecular flexibility index (Phi) is 8.66. The third-order valence-electron chi connectivity index (χ3n) is 5.13. The number of carbonyl (C=O) groups excluding carboxylic acids is 1. The van der Waals surface area contributed by atoms with Crippen LogP contribution in [0.3, 0.4) is 0 Å². The number of thioether (sulfide) groups is 1. The largest absolute Gasteiger partial charge is 0.494 e. The van der Waals surface area contributed by atoms with Crippen molar-refractivity contribution in [2.75, 3.05) is 29.8 Å². The van der Waals surface area contributed by atoms with E-state index in [1.807, 2.05) is 24.8 Å². The molecule has 0 aromatic heterocycles. The number of para-hydroxylation sites is 1. The summed E-state index contributed by atoms with van der Waals surface area (Å²) in [6, 6.07) is 15.0. The molecule has 2 aromatic rings. The molecule has 0 bridgehead atoms. The van der Waals surface area contributed by atoms with E-state index in [0.717, 1.165) is 10.1 Å². The molecule has 0 heterocycles. The second kappa shape index (κ2) is 11.4. The Labute approximate surface area is 189 Å². The molecule has 1 saturated carbocycles. The maximum Gasteiger partial charge on any atom is 0.264 e. The van der Waals surface area contributed by atoms with Gasteiger partial charge in [-0.1, -0.05) is 31.0 Å². The molecule has 1 fully saturated rings. The van der Waals surface area contributed by atoms with Gasteiger partial charge in [0.2, 0.25) is 5.91 Å². The fraction of sp³-hybridized carbons (Fsp3) is 0.435. The van der Waals surface area contributed by atoms with Crippen LogP contribution in [-0.2, 0) is 14.8 Å². The standard InChI is InChI=1S/C23H30N2O4S2/c1-2-29-20-12-14-22(15-13-20)31(27,28)25(19-8-4-3-5-9-19)18-23(26)24-16-17-30-21-10-6-7-11-21/h3-5,8-9,12-15,21H,2,6-7,10-11,16-18H2,1H3,(H,24,26). The van der Waals surface area contributed by atoms with Gasteiger partial charge in [0.15, 0.2) is 0 Å². The van der Waals surface area contributed by atoms with Crippen molar-refractivity contribution < 1.29 is 17.9 Å². The number of nitrogens with one attached hydrogen (secondary N) is 1. The lowest BCUT2D eigenvalue weighted by Gasteiger charge is -2.24. The summed E-state index contributed by atoms with van der Waals surface area (Å²) in [7, 11) is -3.91. The molecule has 168 valence electrons. The Morgan fingerprint density at radius 1 is 1.10 bits per heavy atom. The monoisotopic (exact) mass is 462 g/mol. The summed E-state index contributed by atoms with van der Waals surface area (Å²) in [6.07, 6.45) is 5.08. The first-order valence-electron chi connectivity index (χ1n) is 10.7. The van der Waals surface area contributed by atoms with Crippen molar-refractivity contribution >= 4 is 33.4 Å². The Morgan fingerprint density at radius 3 is 2.42 bits per heavy atom. The van der Waals surface area contributed by atoms with Gasteiger partial charge >= 0.3 is 0 Å². The molecule has 0 radical (unpaired) electrons. The average molecular weight is 463 g/mol. The van der Waals surface area contributed by atoms with Crippen LogP contribution in [0.1, 0.15) is 32.6 Å². The van der Waals surface area contributed by atoms with Gasteiger partial charge in [-0.2, -0.15) is 11.8 Å². The first-order valence-corrected chi connectivity index (χ1v) is 13.2. The number of carbonyl (C=O) groups is 1. The smallest absolute Gasteiger partial charge is 0.264 e. The molecule has 8 heteroatoms. The van der Waals surface area contributed by atoms with Crippen LogP contribution in [0, 0.1) is 0 Å². The number of anilines is 1. The van der Waals surface area contributed by atoms with E-state index < -0.39 is 10.0 Å². The quantitative estimate of drug-likeness (QED) is 0.510. The zero-order chi connectivity index (χ0) is 22.1. The summed E-state index contributed by atoms with van der Waals surface area (Å²) in [5.41, 5.74) is 0.451. The van der Waals surface area contributed by atoms with Crippen LogP contribution in [0.5, 0.6) is 5.75 Å². The van der Waals surface area contributed by atoms with Crippen molar-refractivity contribution in [1.29, 1.82) is 0 Å². The summed E-state index contributed by atoms with van der Waals surface area (Å²) in [5.74, 6) is 1.13. The summed E-state index contributed by atoms with van der Waals surface area (Å²) in [5, 5.41) is 3.56. The van der Waals surface area contributed by atoms with Gasteiger partial charge in [-0.05, 0) is 56.2 Å². The molecule has 6 nitrogen and oxygen atoms in total. The highest BCUT2D eigenvalue weighted by Crippen LogP contribution is 2.29. The van der Waals surface area contributed by atoms with Gasteiger partial charge in [0, 0.05) is 17.5 Å². The van der Waals surface area contributed by atoms with Gasteiger partial charge in [-0.3, -0.25) is 9.10 Å². The number of hydrogen-bond donors (Lipinski definition) is 1. The molecule has 0 atom stereocenters. The summed E-state index contributed by atoms with van der Waals surface area (Å²) in [4.78, 5) is 12.7. The number of sulfonamides is 1. The van der Waals surface area contributed by atoms with Crippen LogP contribution in [-0.4, -0.2) is 45.0 Å². The van der Waals surface area contributed by atoms with Gasteiger partial charge in [-0.15, -0.1) is 0 Å². The lowest BCUT2D eigenvalue weighted by atomic mass is 10.3. The lowest BCUT2D eigenvalue weighted by Crippen LogP contribution is -2.41. The van der Waals surface area contributed by atoms with E-state index in [9.17, 15) is 13.2 Å². The van der Waals surface area contributed by atoms with Crippen LogP contribution in [0.4, 0.5) is 5.69 Å². The van der Waals surface area contributed by atoms with E-state index >= 15 is 0 Å². The normalized spacial score (nSPS) is 14.4. The molecule has 1 aliphatic rings. The SMILES string of the molecule is CCOc1ccc(S(=O)(=O)N(CC(=O)NCCSC2CCCC2)c2ccccc2)cc1. The van der Waals surface area contributed by atoms with E-state index in [-0.39, 0.29) is 17.3 Å². The third-order valence-corrected chi connectivity index (χ3v) is 8.30. The van der Waals surface area contributed by atoms with Gasteiger partial charge < -0.3 is 10.1 Å². The first-order chi connectivity index (χ1) is 15.0. The van der Waals surface area contributed by atoms with Gasteiger partial charge in [0.1, 0.15) is 12.3 Å². The number of ether oxygens (including phenoxy) is 1. The van der Waals surface area contributed by atoms with Crippen molar-refractivity contribution in [2.24, 2.45) is 0 Å². The van der Waals surface area contributed by atoms with Crippen molar-refractivity contribution in [1.82, 2.24) is 5.32 Å². The van der Waals surface area contributed by atoms with Crippen molar-refractivity contribution in [3.63, 3.8) is 0 Å². The van der Waals surface area contributed by atoms with Crippen LogP contribution in [0.2, 0.25) is 0 Å². The van der Waals surface area contributed by atoms with Crippen LogP contribution in [0.15, 0.2) is 59.5 Å². The minimum absolute atomic E-state index is 0.115. The molecule has 0 aliphatic heterocycles. The van der Waals surface area contributed by atoms with Crippen molar-refractivity contribution in [3.8, 4) is 5.75 Å². The fourth-order valence-electron chi connectivity index (χ4n) is 3.57. The predicted molar refractivity (Wildman–Crippen MR) is 126 cm³/mol. The van der Waals surface area contributed by atoms with E-state index in [1.165, 1.54) is 37.8 Å². The maximum atomic E-state index is 13.3. The van der Waals surface area contributed by atoms with Gasteiger partial charge in [0.05, 0.1) is 17.2 Å². The minimum atomic E-state index is -3.91. The molecule has 1 aliphatic carbocycles. The second-order valence-corrected chi connectivity index (χ2v) is 10.6. The number of amides is 1. The predicted octanol–water partition coefficient (Wildman–Crippen LogP) is 4.07.